The van der Waals surface area contributed by atoms with Crippen molar-refractivity contribution in [2.24, 2.45) is 7.05 Å². The lowest BCUT2D eigenvalue weighted by Crippen LogP contribution is -2.48. The van der Waals surface area contributed by atoms with Crippen LogP contribution in [0.15, 0.2) is 12.5 Å². The Bertz CT molecular complexity index is 441. The van der Waals surface area contributed by atoms with Crippen LogP contribution in [0.2, 0.25) is 0 Å². The zero-order valence-electron chi connectivity index (χ0n) is 9.67. The first-order valence-electron chi connectivity index (χ1n) is 5.61. The Morgan fingerprint density at radius 1 is 1.47 bits per heavy atom. The van der Waals surface area contributed by atoms with E-state index in [-0.39, 0.29) is 5.91 Å². The number of amides is 1. The molecular formula is C11H15N3O3. The molecule has 0 radical (unpaired) electrons. The van der Waals surface area contributed by atoms with E-state index in [2.05, 4.69) is 4.98 Å². The second kappa shape index (κ2) is 4.57. The van der Waals surface area contributed by atoms with Gasteiger partial charge in [0.15, 0.2) is 0 Å². The van der Waals surface area contributed by atoms with E-state index in [1.165, 1.54) is 17.4 Å². The largest absolute Gasteiger partial charge is 0.480 e. The zero-order valence-corrected chi connectivity index (χ0v) is 9.67. The third-order valence-corrected chi connectivity index (χ3v) is 3.08. The summed E-state index contributed by atoms with van der Waals surface area (Å²) in [6.07, 6.45) is 5.24. The molecule has 1 amide bonds. The minimum atomic E-state index is -0.930. The van der Waals surface area contributed by atoms with Crippen LogP contribution in [0.5, 0.6) is 0 Å². The maximum Gasteiger partial charge on any atom is 0.326 e. The van der Waals surface area contributed by atoms with Gasteiger partial charge in [-0.2, -0.15) is 0 Å². The van der Waals surface area contributed by atoms with Gasteiger partial charge in [0.05, 0.1) is 12.5 Å². The van der Waals surface area contributed by atoms with E-state index >= 15 is 0 Å². The average Bonchev–Trinajstić information content (AvgIpc) is 2.74. The first-order chi connectivity index (χ1) is 8.11. The summed E-state index contributed by atoms with van der Waals surface area (Å²) in [5, 5.41) is 9.11. The minimum Gasteiger partial charge on any atom is -0.480 e. The molecule has 2 heterocycles. The number of carboxylic acid groups (broad SMARTS) is 1. The van der Waals surface area contributed by atoms with Gasteiger partial charge >= 0.3 is 5.97 Å². The lowest BCUT2D eigenvalue weighted by molar-refractivity contribution is -0.143. The molecule has 6 nitrogen and oxygen atoms in total. The van der Waals surface area contributed by atoms with E-state index < -0.39 is 12.0 Å². The highest BCUT2D eigenvalue weighted by molar-refractivity contribution is 5.95. The number of likely N-dealkylation sites (tertiary alicyclic amines) is 1. The highest BCUT2D eigenvalue weighted by Crippen LogP contribution is 2.19. The Balaban J connectivity index is 2.23. The van der Waals surface area contributed by atoms with Gasteiger partial charge in [0, 0.05) is 13.6 Å². The first-order valence-corrected chi connectivity index (χ1v) is 5.61. The first kappa shape index (κ1) is 11.6. The number of imidazole rings is 1. The third-order valence-electron chi connectivity index (χ3n) is 3.08. The normalized spacial score (nSPS) is 20.3. The number of hydrogen-bond acceptors (Lipinski definition) is 3. The summed E-state index contributed by atoms with van der Waals surface area (Å²) in [4.78, 5) is 28.6. The topological polar surface area (TPSA) is 75.4 Å². The van der Waals surface area contributed by atoms with Gasteiger partial charge in [0.1, 0.15) is 11.7 Å². The molecule has 0 unspecified atom stereocenters. The molecule has 1 aliphatic heterocycles. The lowest BCUT2D eigenvalue weighted by Gasteiger charge is -2.32. The van der Waals surface area contributed by atoms with E-state index in [0.717, 1.165) is 12.8 Å². The maximum absolute atomic E-state index is 12.2. The summed E-state index contributed by atoms with van der Waals surface area (Å²) < 4.78 is 1.61. The smallest absolute Gasteiger partial charge is 0.326 e. The number of aliphatic carboxylic acids is 1. The Kier molecular flexibility index (Phi) is 3.12. The number of hydrogen-bond donors (Lipinski definition) is 1. The van der Waals surface area contributed by atoms with Crippen LogP contribution in [0.3, 0.4) is 0 Å². The molecule has 1 saturated heterocycles. The van der Waals surface area contributed by atoms with E-state index in [9.17, 15) is 9.59 Å². The van der Waals surface area contributed by atoms with Crippen molar-refractivity contribution in [1.29, 1.82) is 0 Å². The number of rotatable bonds is 2. The Hall–Kier alpha value is -1.85. The van der Waals surface area contributed by atoms with E-state index in [0.29, 0.717) is 18.7 Å². The second-order valence-corrected chi connectivity index (χ2v) is 4.24. The fraction of sp³-hybridized carbons (Fsp3) is 0.545. The maximum atomic E-state index is 12.2. The number of carbonyl (C=O) groups is 2. The van der Waals surface area contributed by atoms with Crippen molar-refractivity contribution in [1.82, 2.24) is 14.5 Å². The zero-order chi connectivity index (χ0) is 12.4. The molecule has 1 N–H and O–H groups in total. The Morgan fingerprint density at radius 3 is 2.82 bits per heavy atom. The van der Waals surface area contributed by atoms with Crippen LogP contribution in [0.1, 0.15) is 29.8 Å². The SMILES string of the molecule is Cn1cncc1C(=O)N1CCCC[C@H]1C(=O)O. The van der Waals surface area contributed by atoms with Gasteiger partial charge in [-0.3, -0.25) is 4.79 Å². The molecule has 92 valence electrons. The van der Waals surface area contributed by atoms with Crippen LogP contribution in [-0.4, -0.2) is 44.0 Å². The van der Waals surface area contributed by atoms with Gasteiger partial charge in [-0.25, -0.2) is 9.78 Å². The summed E-state index contributed by atoms with van der Waals surface area (Å²) in [5.41, 5.74) is 0.429. The number of carboxylic acids is 1. The van der Waals surface area contributed by atoms with E-state index in [1.54, 1.807) is 11.6 Å². The molecule has 1 aromatic rings. The molecule has 0 aromatic carbocycles. The average molecular weight is 237 g/mol. The van der Waals surface area contributed by atoms with Gasteiger partial charge in [0.2, 0.25) is 0 Å². The number of piperidine rings is 1. The second-order valence-electron chi connectivity index (χ2n) is 4.24. The fourth-order valence-electron chi connectivity index (χ4n) is 2.14. The van der Waals surface area contributed by atoms with E-state index in [4.69, 9.17) is 5.11 Å². The van der Waals surface area contributed by atoms with Crippen molar-refractivity contribution in [2.45, 2.75) is 25.3 Å². The van der Waals surface area contributed by atoms with Gasteiger partial charge in [-0.05, 0) is 19.3 Å². The van der Waals surface area contributed by atoms with Crippen molar-refractivity contribution >= 4 is 11.9 Å². The molecule has 2 rings (SSSR count). The molecule has 0 saturated carbocycles. The monoisotopic (exact) mass is 237 g/mol. The van der Waals surface area contributed by atoms with Crippen LogP contribution >= 0.6 is 0 Å². The number of carbonyl (C=O) groups excluding carboxylic acids is 1. The van der Waals surface area contributed by atoms with Gasteiger partial charge in [-0.1, -0.05) is 0 Å². The number of aromatic nitrogens is 2. The summed E-state index contributed by atoms with van der Waals surface area (Å²) in [7, 11) is 1.72. The number of aryl methyl sites for hydroxylation is 1. The summed E-state index contributed by atoms with van der Waals surface area (Å²) in [6, 6.07) is -0.703. The molecule has 1 atom stereocenters. The summed E-state index contributed by atoms with van der Waals surface area (Å²) in [5.74, 6) is -1.18. The van der Waals surface area contributed by atoms with Gasteiger partial charge in [0.25, 0.3) is 5.91 Å². The van der Waals surface area contributed by atoms with Crippen molar-refractivity contribution in [3.8, 4) is 0 Å². The van der Waals surface area contributed by atoms with Crippen molar-refractivity contribution < 1.29 is 14.7 Å². The summed E-state index contributed by atoms with van der Waals surface area (Å²) in [6.45, 7) is 0.501. The molecule has 0 aliphatic carbocycles. The minimum absolute atomic E-state index is 0.253. The summed E-state index contributed by atoms with van der Waals surface area (Å²) >= 11 is 0. The molecule has 1 aliphatic rings. The van der Waals surface area contributed by atoms with Crippen LogP contribution in [0.25, 0.3) is 0 Å². The Morgan fingerprint density at radius 2 is 2.24 bits per heavy atom. The quantitative estimate of drug-likeness (QED) is 0.812. The molecule has 17 heavy (non-hydrogen) atoms. The predicted molar refractivity (Wildman–Crippen MR) is 59.5 cm³/mol. The molecule has 1 fully saturated rings. The van der Waals surface area contributed by atoms with E-state index in [1.807, 2.05) is 0 Å². The predicted octanol–water partition coefficient (Wildman–Crippen LogP) is 0.499. The van der Waals surface area contributed by atoms with Crippen LogP contribution < -0.4 is 0 Å². The molecule has 6 heteroatoms. The fourth-order valence-corrected chi connectivity index (χ4v) is 2.14. The number of nitrogens with zero attached hydrogens (tertiary/aromatic N) is 3. The van der Waals surface area contributed by atoms with Gasteiger partial charge < -0.3 is 14.6 Å². The van der Waals surface area contributed by atoms with Crippen LogP contribution in [-0.2, 0) is 11.8 Å². The van der Waals surface area contributed by atoms with Crippen molar-refractivity contribution in [2.75, 3.05) is 6.54 Å². The van der Waals surface area contributed by atoms with Crippen LogP contribution in [0.4, 0.5) is 0 Å². The standard InChI is InChI=1S/C11H15N3O3/c1-13-7-12-6-9(13)10(15)14-5-3-2-4-8(14)11(16)17/h6-8H,2-5H2,1H3,(H,16,17)/t8-/m0/s1. The highest BCUT2D eigenvalue weighted by Gasteiger charge is 2.33. The third kappa shape index (κ3) is 2.15. The molecular weight excluding hydrogens is 222 g/mol. The van der Waals surface area contributed by atoms with Crippen LogP contribution in [0, 0.1) is 0 Å². The van der Waals surface area contributed by atoms with Crippen molar-refractivity contribution in [3.05, 3.63) is 18.2 Å². The highest BCUT2D eigenvalue weighted by atomic mass is 16.4. The molecule has 0 bridgehead atoms. The molecule has 0 spiro atoms. The lowest BCUT2D eigenvalue weighted by atomic mass is 10.0. The molecule has 1 aromatic heterocycles. The Labute approximate surface area is 98.9 Å². The van der Waals surface area contributed by atoms with Crippen molar-refractivity contribution in [3.63, 3.8) is 0 Å². The van der Waals surface area contributed by atoms with Gasteiger partial charge in [-0.15, -0.1) is 0 Å².